The molecule has 0 aliphatic carbocycles. The highest BCUT2D eigenvalue weighted by Gasteiger charge is 2.13. The molecule has 0 saturated heterocycles. The Labute approximate surface area is 107 Å². The van der Waals surface area contributed by atoms with E-state index in [-0.39, 0.29) is 0 Å². The molecule has 1 atom stereocenters. The van der Waals surface area contributed by atoms with Crippen molar-refractivity contribution in [3.63, 3.8) is 0 Å². The minimum atomic E-state index is -0.657. The van der Waals surface area contributed by atoms with Crippen molar-refractivity contribution in [2.75, 3.05) is 0 Å². The molecule has 0 bridgehead atoms. The van der Waals surface area contributed by atoms with Gasteiger partial charge in [0.25, 0.3) is 0 Å². The summed E-state index contributed by atoms with van der Waals surface area (Å²) in [5, 5.41) is 10.9. The second kappa shape index (κ2) is 5.35. The van der Waals surface area contributed by atoms with Crippen LogP contribution in [-0.2, 0) is 6.42 Å². The van der Waals surface area contributed by atoms with Crippen LogP contribution in [0, 0.1) is 0 Å². The van der Waals surface area contributed by atoms with E-state index in [1.54, 1.807) is 0 Å². The van der Waals surface area contributed by atoms with Gasteiger partial charge in [0.1, 0.15) is 6.10 Å². The number of aryl methyl sites for hydroxylation is 1. The molecule has 0 heterocycles. The SMILES string of the molecule is CCc1ccc(Cl)c(C(O)c2ccccc2)c1. The maximum Gasteiger partial charge on any atom is 0.105 e. The summed E-state index contributed by atoms with van der Waals surface area (Å²) in [4.78, 5) is 0. The van der Waals surface area contributed by atoms with Gasteiger partial charge >= 0.3 is 0 Å². The van der Waals surface area contributed by atoms with E-state index >= 15 is 0 Å². The van der Waals surface area contributed by atoms with Gasteiger partial charge in [-0.1, -0.05) is 61.0 Å². The van der Waals surface area contributed by atoms with Crippen LogP contribution in [-0.4, -0.2) is 5.11 Å². The van der Waals surface area contributed by atoms with Gasteiger partial charge in [0, 0.05) is 10.6 Å². The summed E-state index contributed by atoms with van der Waals surface area (Å²) in [6, 6.07) is 15.4. The smallest absolute Gasteiger partial charge is 0.105 e. The average Bonchev–Trinajstić information content (AvgIpc) is 2.39. The Hall–Kier alpha value is -1.31. The lowest BCUT2D eigenvalue weighted by atomic mass is 9.99. The van der Waals surface area contributed by atoms with Gasteiger partial charge in [-0.15, -0.1) is 0 Å². The van der Waals surface area contributed by atoms with E-state index in [1.165, 1.54) is 5.56 Å². The summed E-state index contributed by atoms with van der Waals surface area (Å²) < 4.78 is 0. The van der Waals surface area contributed by atoms with Crippen molar-refractivity contribution in [2.24, 2.45) is 0 Å². The highest BCUT2D eigenvalue weighted by molar-refractivity contribution is 6.31. The number of hydrogen-bond acceptors (Lipinski definition) is 1. The Morgan fingerprint density at radius 2 is 1.82 bits per heavy atom. The van der Waals surface area contributed by atoms with E-state index < -0.39 is 6.10 Å². The van der Waals surface area contributed by atoms with Crippen molar-refractivity contribution in [3.8, 4) is 0 Å². The molecule has 0 aliphatic rings. The number of halogens is 1. The molecule has 0 spiro atoms. The summed E-state index contributed by atoms with van der Waals surface area (Å²) in [5.41, 5.74) is 2.82. The minimum absolute atomic E-state index is 0.610. The van der Waals surface area contributed by atoms with E-state index in [9.17, 15) is 5.11 Å². The van der Waals surface area contributed by atoms with Gasteiger partial charge in [-0.3, -0.25) is 0 Å². The van der Waals surface area contributed by atoms with Gasteiger partial charge in [-0.05, 0) is 23.6 Å². The molecule has 17 heavy (non-hydrogen) atoms. The zero-order valence-electron chi connectivity index (χ0n) is 9.73. The molecule has 0 aliphatic heterocycles. The molecule has 1 nitrogen and oxygen atoms in total. The van der Waals surface area contributed by atoms with Crippen molar-refractivity contribution in [1.82, 2.24) is 0 Å². The Morgan fingerprint density at radius 1 is 1.12 bits per heavy atom. The Balaban J connectivity index is 2.40. The lowest BCUT2D eigenvalue weighted by molar-refractivity contribution is 0.220. The Kier molecular flexibility index (Phi) is 3.82. The molecule has 0 aromatic heterocycles. The fraction of sp³-hybridized carbons (Fsp3) is 0.200. The van der Waals surface area contributed by atoms with Crippen molar-refractivity contribution in [3.05, 3.63) is 70.2 Å². The molecular formula is C15H15ClO. The largest absolute Gasteiger partial charge is 0.384 e. The van der Waals surface area contributed by atoms with Crippen molar-refractivity contribution in [1.29, 1.82) is 0 Å². The molecule has 1 N–H and O–H groups in total. The van der Waals surface area contributed by atoms with Gasteiger partial charge < -0.3 is 5.11 Å². The standard InChI is InChI=1S/C15H15ClO/c1-2-11-8-9-14(16)13(10-11)15(17)12-6-4-3-5-7-12/h3-10,15,17H,2H2,1H3. The van der Waals surface area contributed by atoms with Gasteiger partial charge in [-0.25, -0.2) is 0 Å². The predicted octanol–water partition coefficient (Wildman–Crippen LogP) is 3.98. The third-order valence-electron chi connectivity index (χ3n) is 2.88. The summed E-state index contributed by atoms with van der Waals surface area (Å²) in [6.07, 6.45) is 0.279. The third kappa shape index (κ3) is 2.68. The first kappa shape index (κ1) is 12.2. The lowest BCUT2D eigenvalue weighted by Gasteiger charge is -2.14. The molecule has 1 unspecified atom stereocenters. The summed E-state index contributed by atoms with van der Waals surface area (Å²) >= 11 is 6.14. The van der Waals surface area contributed by atoms with Crippen LogP contribution in [0.5, 0.6) is 0 Å². The Bertz CT molecular complexity index is 494. The highest BCUT2D eigenvalue weighted by atomic mass is 35.5. The van der Waals surface area contributed by atoms with Crippen LogP contribution < -0.4 is 0 Å². The first-order valence-corrected chi connectivity index (χ1v) is 6.11. The van der Waals surface area contributed by atoms with Crippen LogP contribution in [0.15, 0.2) is 48.5 Å². The summed E-state index contributed by atoms with van der Waals surface area (Å²) in [5.74, 6) is 0. The van der Waals surface area contributed by atoms with Gasteiger partial charge in [0.2, 0.25) is 0 Å². The maximum absolute atomic E-state index is 10.3. The molecule has 2 aromatic carbocycles. The Morgan fingerprint density at radius 3 is 2.47 bits per heavy atom. The van der Waals surface area contributed by atoms with E-state index in [2.05, 4.69) is 6.92 Å². The van der Waals surface area contributed by atoms with E-state index in [1.807, 2.05) is 48.5 Å². The highest BCUT2D eigenvalue weighted by Crippen LogP contribution is 2.29. The number of hydrogen-bond donors (Lipinski definition) is 1. The second-order valence-corrected chi connectivity index (χ2v) is 4.43. The normalized spacial score (nSPS) is 12.4. The van der Waals surface area contributed by atoms with Crippen LogP contribution in [0.4, 0.5) is 0 Å². The fourth-order valence-corrected chi connectivity index (χ4v) is 2.06. The number of aliphatic hydroxyl groups is 1. The fourth-order valence-electron chi connectivity index (χ4n) is 1.84. The average molecular weight is 247 g/mol. The number of benzene rings is 2. The third-order valence-corrected chi connectivity index (χ3v) is 3.22. The van der Waals surface area contributed by atoms with Crippen molar-refractivity contribution < 1.29 is 5.11 Å². The van der Waals surface area contributed by atoms with Crippen LogP contribution in [0.3, 0.4) is 0 Å². The lowest BCUT2D eigenvalue weighted by Crippen LogP contribution is -2.01. The first-order chi connectivity index (χ1) is 8.22. The molecule has 88 valence electrons. The van der Waals surface area contributed by atoms with Gasteiger partial charge in [0.15, 0.2) is 0 Å². The molecule has 0 fully saturated rings. The second-order valence-electron chi connectivity index (χ2n) is 4.02. The van der Waals surface area contributed by atoms with Crippen molar-refractivity contribution in [2.45, 2.75) is 19.4 Å². The van der Waals surface area contributed by atoms with Crippen LogP contribution in [0.1, 0.15) is 29.7 Å². The quantitative estimate of drug-likeness (QED) is 0.869. The van der Waals surface area contributed by atoms with Gasteiger partial charge in [0.05, 0.1) is 0 Å². The monoisotopic (exact) mass is 246 g/mol. The van der Waals surface area contributed by atoms with E-state index in [0.717, 1.165) is 17.5 Å². The number of aliphatic hydroxyl groups excluding tert-OH is 1. The van der Waals surface area contributed by atoms with E-state index in [0.29, 0.717) is 5.02 Å². The molecule has 2 rings (SSSR count). The first-order valence-electron chi connectivity index (χ1n) is 5.73. The maximum atomic E-state index is 10.3. The summed E-state index contributed by atoms with van der Waals surface area (Å²) in [6.45, 7) is 2.09. The van der Waals surface area contributed by atoms with Crippen LogP contribution in [0.25, 0.3) is 0 Å². The van der Waals surface area contributed by atoms with Crippen molar-refractivity contribution >= 4 is 11.6 Å². The molecule has 0 saturated carbocycles. The number of rotatable bonds is 3. The zero-order valence-corrected chi connectivity index (χ0v) is 10.5. The van der Waals surface area contributed by atoms with Crippen LogP contribution >= 0.6 is 11.6 Å². The van der Waals surface area contributed by atoms with E-state index in [4.69, 9.17) is 11.6 Å². The molecule has 0 amide bonds. The molecule has 2 aromatic rings. The summed E-state index contributed by atoms with van der Waals surface area (Å²) in [7, 11) is 0. The minimum Gasteiger partial charge on any atom is -0.384 e. The predicted molar refractivity (Wildman–Crippen MR) is 71.3 cm³/mol. The molecular weight excluding hydrogens is 232 g/mol. The van der Waals surface area contributed by atoms with Crippen LogP contribution in [0.2, 0.25) is 5.02 Å². The topological polar surface area (TPSA) is 20.2 Å². The zero-order chi connectivity index (χ0) is 12.3. The molecule has 2 heteroatoms. The molecule has 0 radical (unpaired) electrons. The van der Waals surface area contributed by atoms with Gasteiger partial charge in [-0.2, -0.15) is 0 Å².